The average molecular weight is 526 g/mol. The van der Waals surface area contributed by atoms with Crippen molar-refractivity contribution in [2.45, 2.75) is 42.9 Å². The minimum atomic E-state index is -0.0301. The lowest BCUT2D eigenvalue weighted by Gasteiger charge is -2.11. The molecule has 0 bridgehead atoms. The highest BCUT2D eigenvalue weighted by atomic mass is 127. The predicted molar refractivity (Wildman–Crippen MR) is 117 cm³/mol. The van der Waals surface area contributed by atoms with Crippen LogP contribution in [0.1, 0.15) is 20.3 Å². The Labute approximate surface area is 184 Å². The normalized spacial score (nSPS) is 12.7. The van der Waals surface area contributed by atoms with Crippen LogP contribution in [-0.2, 0) is 11.3 Å². The maximum atomic E-state index is 12.2. The Kier molecular flexibility index (Phi) is 5.67. The van der Waals surface area contributed by atoms with Gasteiger partial charge in [0.1, 0.15) is 6.33 Å². The second-order valence-electron chi connectivity index (χ2n) is 6.69. The number of carbonyl (C=O) groups is 1. The molecule has 29 heavy (non-hydrogen) atoms. The first-order valence-electron chi connectivity index (χ1n) is 8.95. The van der Waals surface area contributed by atoms with Gasteiger partial charge in [-0.2, -0.15) is 0 Å². The number of hydrogen-bond acceptors (Lipinski definition) is 8. The Bertz CT molecular complexity index is 1090. The molecule has 0 saturated heterocycles. The number of aromatic nitrogens is 4. The van der Waals surface area contributed by atoms with Gasteiger partial charge in [0.15, 0.2) is 33.6 Å². The Balaban J connectivity index is 1.68. The number of nitrogen functional groups attached to an aromatic ring is 1. The number of rotatable bonds is 6. The number of imidazole rings is 1. The maximum absolute atomic E-state index is 12.2. The molecule has 3 heterocycles. The summed E-state index contributed by atoms with van der Waals surface area (Å²) in [6.07, 6.45) is 1.71. The Hall–Kier alpha value is -2.28. The number of amides is 1. The van der Waals surface area contributed by atoms with Gasteiger partial charge in [-0.3, -0.25) is 4.79 Å². The maximum Gasteiger partial charge on any atom is 0.231 e. The monoisotopic (exact) mass is 526 g/mol. The minimum Gasteiger partial charge on any atom is -0.454 e. The number of carbonyl (C=O) groups excluding carboxylic acids is 1. The number of fused-ring (bicyclic) bond motifs is 2. The lowest BCUT2D eigenvalue weighted by molar-refractivity contribution is -0.121. The number of hydrogen-bond donors (Lipinski definition) is 2. The predicted octanol–water partition coefficient (Wildman–Crippen LogP) is 2.81. The highest BCUT2D eigenvalue weighted by Crippen LogP contribution is 2.41. The van der Waals surface area contributed by atoms with Crippen molar-refractivity contribution in [3.8, 4) is 11.5 Å². The zero-order valence-electron chi connectivity index (χ0n) is 15.8. The average Bonchev–Trinajstić information content (AvgIpc) is 3.24. The molecule has 11 heteroatoms. The molecule has 0 atom stereocenters. The number of aryl methyl sites for hydroxylation is 1. The van der Waals surface area contributed by atoms with Gasteiger partial charge in [-0.15, -0.1) is 0 Å². The lowest BCUT2D eigenvalue weighted by Crippen LogP contribution is -2.30. The number of nitrogens with one attached hydrogen (secondary N) is 1. The number of ether oxygens (including phenoxy) is 2. The van der Waals surface area contributed by atoms with Crippen molar-refractivity contribution >= 4 is 57.2 Å². The van der Waals surface area contributed by atoms with E-state index >= 15 is 0 Å². The molecule has 1 aromatic carbocycles. The highest BCUT2D eigenvalue weighted by Gasteiger charge is 2.21. The second kappa shape index (κ2) is 8.22. The van der Waals surface area contributed by atoms with Crippen molar-refractivity contribution in [1.29, 1.82) is 0 Å². The van der Waals surface area contributed by atoms with Crippen LogP contribution in [-0.4, -0.2) is 38.3 Å². The highest BCUT2D eigenvalue weighted by molar-refractivity contribution is 14.1. The molecule has 0 spiro atoms. The molecule has 0 saturated carbocycles. The molecule has 9 nitrogen and oxygen atoms in total. The number of nitrogens with two attached hydrogens (primary N) is 1. The van der Waals surface area contributed by atoms with E-state index in [1.54, 1.807) is 0 Å². The summed E-state index contributed by atoms with van der Waals surface area (Å²) in [4.78, 5) is 26.1. The molecule has 3 N–H and O–H groups in total. The van der Waals surface area contributed by atoms with E-state index in [9.17, 15) is 4.79 Å². The van der Waals surface area contributed by atoms with E-state index in [0.29, 0.717) is 40.9 Å². The zero-order valence-corrected chi connectivity index (χ0v) is 18.8. The van der Waals surface area contributed by atoms with Crippen LogP contribution in [0.4, 0.5) is 5.82 Å². The molecule has 4 rings (SSSR count). The van der Waals surface area contributed by atoms with Gasteiger partial charge in [-0.1, -0.05) is 11.8 Å². The molecule has 1 amide bonds. The van der Waals surface area contributed by atoms with E-state index in [-0.39, 0.29) is 18.7 Å². The Morgan fingerprint density at radius 1 is 1.34 bits per heavy atom. The first-order chi connectivity index (χ1) is 13.9. The van der Waals surface area contributed by atoms with Crippen molar-refractivity contribution in [2.24, 2.45) is 0 Å². The molecular formula is C18H19IN6O3S. The van der Waals surface area contributed by atoms with E-state index in [1.807, 2.05) is 30.5 Å². The molecule has 0 fully saturated rings. The van der Waals surface area contributed by atoms with Crippen molar-refractivity contribution in [3.05, 3.63) is 22.0 Å². The molecule has 2 aromatic heterocycles. The van der Waals surface area contributed by atoms with Crippen molar-refractivity contribution < 1.29 is 14.3 Å². The summed E-state index contributed by atoms with van der Waals surface area (Å²) in [5, 5.41) is 3.58. The molecular weight excluding hydrogens is 507 g/mol. The fraction of sp³-hybridized carbons (Fsp3) is 0.333. The van der Waals surface area contributed by atoms with Crippen LogP contribution in [0.25, 0.3) is 11.2 Å². The van der Waals surface area contributed by atoms with Crippen LogP contribution >= 0.6 is 34.4 Å². The summed E-state index contributed by atoms with van der Waals surface area (Å²) in [5.74, 6) is 1.71. The van der Waals surface area contributed by atoms with Gasteiger partial charge in [0, 0.05) is 27.5 Å². The first kappa shape index (κ1) is 20.0. The van der Waals surface area contributed by atoms with E-state index in [1.165, 1.54) is 18.1 Å². The van der Waals surface area contributed by atoms with Gasteiger partial charge in [-0.25, -0.2) is 15.0 Å². The largest absolute Gasteiger partial charge is 0.454 e. The quantitative estimate of drug-likeness (QED) is 0.471. The van der Waals surface area contributed by atoms with Gasteiger partial charge in [0.25, 0.3) is 0 Å². The van der Waals surface area contributed by atoms with Crippen LogP contribution in [0.15, 0.2) is 28.5 Å². The van der Waals surface area contributed by atoms with E-state index in [0.717, 1.165) is 14.2 Å². The molecule has 1 aliphatic heterocycles. The van der Waals surface area contributed by atoms with Gasteiger partial charge in [-0.05, 0) is 48.6 Å². The third-order valence-electron chi connectivity index (χ3n) is 4.17. The summed E-state index contributed by atoms with van der Waals surface area (Å²) in [7, 11) is 0. The third-order valence-corrected chi connectivity index (χ3v) is 6.48. The standard InChI is InChI=1S/C18H19IN6O3S/c1-9(2)23-14(26)3-4-25-17-15(16(20)21-7-22-17)24-18(25)29-13-6-12-11(5-10(13)19)27-8-28-12/h5-7,9H,3-4,8H2,1-2H3,(H,23,26)(H2,20,21,22). The van der Waals surface area contributed by atoms with Gasteiger partial charge >= 0.3 is 0 Å². The van der Waals surface area contributed by atoms with Crippen LogP contribution < -0.4 is 20.5 Å². The lowest BCUT2D eigenvalue weighted by atomic mass is 10.3. The third kappa shape index (κ3) is 4.20. The smallest absolute Gasteiger partial charge is 0.231 e. The summed E-state index contributed by atoms with van der Waals surface area (Å²) in [6.45, 7) is 4.51. The van der Waals surface area contributed by atoms with Crippen molar-refractivity contribution in [3.63, 3.8) is 0 Å². The summed E-state index contributed by atoms with van der Waals surface area (Å²) >= 11 is 3.71. The molecule has 1 aliphatic rings. The Morgan fingerprint density at radius 2 is 2.10 bits per heavy atom. The molecule has 0 aliphatic carbocycles. The number of benzene rings is 1. The SMILES string of the molecule is CC(C)NC(=O)CCn1c(Sc2cc3c(cc2I)OCO3)nc2c(N)ncnc21. The second-order valence-corrected chi connectivity index (χ2v) is 8.86. The summed E-state index contributed by atoms with van der Waals surface area (Å²) in [5.41, 5.74) is 7.13. The fourth-order valence-electron chi connectivity index (χ4n) is 2.90. The number of nitrogens with zero attached hydrogens (tertiary/aromatic N) is 4. The fourth-order valence-corrected chi connectivity index (χ4v) is 4.61. The van der Waals surface area contributed by atoms with Crippen LogP contribution in [0, 0.1) is 3.57 Å². The van der Waals surface area contributed by atoms with Crippen LogP contribution in [0.5, 0.6) is 11.5 Å². The van der Waals surface area contributed by atoms with Crippen LogP contribution in [0.2, 0.25) is 0 Å². The minimum absolute atomic E-state index is 0.0301. The Morgan fingerprint density at radius 3 is 2.86 bits per heavy atom. The molecule has 0 radical (unpaired) electrons. The zero-order chi connectivity index (χ0) is 20.5. The summed E-state index contributed by atoms with van der Waals surface area (Å²) < 4.78 is 13.8. The van der Waals surface area contributed by atoms with E-state index in [4.69, 9.17) is 15.2 Å². The number of halogens is 1. The number of anilines is 1. The van der Waals surface area contributed by atoms with Gasteiger partial charge in [0.05, 0.1) is 0 Å². The molecule has 0 unspecified atom stereocenters. The van der Waals surface area contributed by atoms with Crippen molar-refractivity contribution in [1.82, 2.24) is 24.8 Å². The van der Waals surface area contributed by atoms with E-state index in [2.05, 4.69) is 42.9 Å². The molecule has 3 aromatic rings. The summed E-state index contributed by atoms with van der Waals surface area (Å²) in [6, 6.07) is 3.95. The van der Waals surface area contributed by atoms with Crippen LogP contribution in [0.3, 0.4) is 0 Å². The van der Waals surface area contributed by atoms with Gasteiger partial charge in [0.2, 0.25) is 12.7 Å². The van der Waals surface area contributed by atoms with Crippen molar-refractivity contribution in [2.75, 3.05) is 12.5 Å². The van der Waals surface area contributed by atoms with Gasteiger partial charge < -0.3 is 25.1 Å². The first-order valence-corrected chi connectivity index (χ1v) is 10.8. The molecule has 152 valence electrons. The topological polar surface area (TPSA) is 117 Å². The van der Waals surface area contributed by atoms with E-state index < -0.39 is 0 Å².